The lowest BCUT2D eigenvalue weighted by molar-refractivity contribution is 0.0738. The lowest BCUT2D eigenvalue weighted by atomic mass is 10.1. The van der Waals surface area contributed by atoms with Gasteiger partial charge in [0.15, 0.2) is 0 Å². The molecule has 0 saturated carbocycles. The summed E-state index contributed by atoms with van der Waals surface area (Å²) in [6, 6.07) is 14.1. The van der Waals surface area contributed by atoms with Crippen molar-refractivity contribution in [2.45, 2.75) is 19.4 Å². The molecule has 1 aliphatic rings. The quantitative estimate of drug-likeness (QED) is 0.913. The molecule has 118 valence electrons. The highest BCUT2D eigenvalue weighted by Crippen LogP contribution is 2.25. The van der Waals surface area contributed by atoms with Crippen LogP contribution in [-0.4, -0.2) is 34.9 Å². The summed E-state index contributed by atoms with van der Waals surface area (Å²) in [5, 5.41) is 0. The molecule has 0 bridgehead atoms. The molecule has 1 amide bonds. The molecule has 0 spiro atoms. The molecule has 1 aromatic heterocycles. The second kappa shape index (κ2) is 6.99. The Morgan fingerprint density at radius 2 is 2.00 bits per heavy atom. The Labute approximate surface area is 137 Å². The molecule has 2 aromatic rings. The third-order valence-corrected chi connectivity index (χ3v) is 4.26. The van der Waals surface area contributed by atoms with Crippen molar-refractivity contribution >= 4 is 18.3 Å². The third kappa shape index (κ3) is 3.18. The second-order valence-electron chi connectivity index (χ2n) is 5.80. The monoisotopic (exact) mass is 319 g/mol. The van der Waals surface area contributed by atoms with Gasteiger partial charge in [-0.2, -0.15) is 0 Å². The van der Waals surface area contributed by atoms with Crippen LogP contribution in [0.1, 0.15) is 23.8 Å². The molecule has 2 unspecified atom stereocenters. The number of nitrogens with zero attached hydrogens (tertiary/aromatic N) is 1. The summed E-state index contributed by atoms with van der Waals surface area (Å²) >= 11 is 0. The smallest absolute Gasteiger partial charge is 0.270 e. The van der Waals surface area contributed by atoms with Gasteiger partial charge in [0.2, 0.25) is 0 Å². The van der Waals surface area contributed by atoms with Crippen molar-refractivity contribution in [3.8, 4) is 11.3 Å². The van der Waals surface area contributed by atoms with Crippen LogP contribution in [0.4, 0.5) is 0 Å². The number of H-pyrrole nitrogens is 1. The van der Waals surface area contributed by atoms with Crippen LogP contribution in [-0.2, 0) is 0 Å². The van der Waals surface area contributed by atoms with Gasteiger partial charge in [0.05, 0.1) is 0 Å². The molecule has 0 radical (unpaired) electrons. The molecule has 2 heterocycles. The number of likely N-dealkylation sites (tertiary alicyclic amines) is 1. The van der Waals surface area contributed by atoms with Gasteiger partial charge in [-0.1, -0.05) is 30.3 Å². The summed E-state index contributed by atoms with van der Waals surface area (Å²) in [7, 11) is 0. The predicted octanol–water partition coefficient (Wildman–Crippen LogP) is 2.91. The zero-order valence-corrected chi connectivity index (χ0v) is 13.5. The molecular formula is C17H22ClN3O. The van der Waals surface area contributed by atoms with Crippen LogP contribution in [0.15, 0.2) is 42.5 Å². The number of hydrogen-bond acceptors (Lipinski definition) is 2. The van der Waals surface area contributed by atoms with Gasteiger partial charge in [0.1, 0.15) is 5.69 Å². The molecule has 1 aromatic carbocycles. The Morgan fingerprint density at radius 1 is 1.27 bits per heavy atom. The van der Waals surface area contributed by atoms with Crippen molar-refractivity contribution < 1.29 is 4.79 Å². The number of aromatic nitrogens is 1. The van der Waals surface area contributed by atoms with Gasteiger partial charge in [-0.05, 0) is 43.5 Å². The van der Waals surface area contributed by atoms with E-state index in [1.807, 2.05) is 47.4 Å². The number of amides is 1. The second-order valence-corrected chi connectivity index (χ2v) is 5.80. The van der Waals surface area contributed by atoms with Crippen LogP contribution in [0, 0.1) is 5.92 Å². The van der Waals surface area contributed by atoms with Crippen LogP contribution in [0.25, 0.3) is 11.3 Å². The Morgan fingerprint density at radius 3 is 2.64 bits per heavy atom. The van der Waals surface area contributed by atoms with Crippen molar-refractivity contribution in [2.24, 2.45) is 11.7 Å². The molecule has 22 heavy (non-hydrogen) atoms. The Kier molecular flexibility index (Phi) is 5.27. The Hall–Kier alpha value is -1.78. The maximum atomic E-state index is 12.6. The number of rotatable bonds is 3. The van der Waals surface area contributed by atoms with E-state index in [0.29, 0.717) is 18.2 Å². The number of nitrogens with one attached hydrogen (secondary N) is 1. The number of halogens is 1. The van der Waals surface area contributed by atoms with Crippen LogP contribution < -0.4 is 5.73 Å². The fourth-order valence-electron chi connectivity index (χ4n) is 3.06. The van der Waals surface area contributed by atoms with Crippen LogP contribution in [0.5, 0.6) is 0 Å². The molecular weight excluding hydrogens is 298 g/mol. The summed E-state index contributed by atoms with van der Waals surface area (Å²) in [4.78, 5) is 17.8. The Balaban J connectivity index is 0.00000176. The van der Waals surface area contributed by atoms with Crippen LogP contribution in [0.3, 0.4) is 0 Å². The first-order chi connectivity index (χ1) is 10.2. The minimum absolute atomic E-state index is 0. The third-order valence-electron chi connectivity index (χ3n) is 4.26. The fourth-order valence-corrected chi connectivity index (χ4v) is 3.06. The standard InChI is InChI=1S/C17H21N3O.ClH/c1-12-9-13(10-18)11-20(12)17(21)16-8-7-15(19-16)14-5-3-2-4-6-14;/h2-8,12-13,19H,9-11,18H2,1H3;1H. The zero-order valence-electron chi connectivity index (χ0n) is 12.7. The van der Waals surface area contributed by atoms with Gasteiger partial charge in [0.25, 0.3) is 5.91 Å². The van der Waals surface area contributed by atoms with Crippen molar-refractivity contribution in [1.82, 2.24) is 9.88 Å². The molecule has 5 heteroatoms. The van der Waals surface area contributed by atoms with Gasteiger partial charge in [-0.25, -0.2) is 0 Å². The molecule has 3 rings (SSSR count). The summed E-state index contributed by atoms with van der Waals surface area (Å²) in [5.41, 5.74) is 8.44. The van der Waals surface area contributed by atoms with E-state index in [-0.39, 0.29) is 24.4 Å². The molecule has 1 fully saturated rings. The van der Waals surface area contributed by atoms with Gasteiger partial charge in [-0.3, -0.25) is 4.79 Å². The lowest BCUT2D eigenvalue weighted by Crippen LogP contribution is -2.34. The SMILES string of the molecule is CC1CC(CN)CN1C(=O)c1ccc(-c2ccccc2)[nH]1.Cl. The van der Waals surface area contributed by atoms with E-state index < -0.39 is 0 Å². The van der Waals surface area contributed by atoms with Crippen molar-refractivity contribution in [3.05, 3.63) is 48.2 Å². The van der Waals surface area contributed by atoms with Crippen LogP contribution in [0.2, 0.25) is 0 Å². The highest BCUT2D eigenvalue weighted by Gasteiger charge is 2.32. The predicted molar refractivity (Wildman–Crippen MR) is 91.1 cm³/mol. The summed E-state index contributed by atoms with van der Waals surface area (Å²) in [6.45, 7) is 3.50. The lowest BCUT2D eigenvalue weighted by Gasteiger charge is -2.20. The normalized spacial score (nSPS) is 20.7. The summed E-state index contributed by atoms with van der Waals surface area (Å²) in [5.74, 6) is 0.494. The maximum absolute atomic E-state index is 12.6. The number of benzene rings is 1. The molecule has 3 N–H and O–H groups in total. The zero-order chi connectivity index (χ0) is 14.8. The van der Waals surface area contributed by atoms with Gasteiger partial charge < -0.3 is 15.6 Å². The topological polar surface area (TPSA) is 62.1 Å². The maximum Gasteiger partial charge on any atom is 0.270 e. The van der Waals surface area contributed by atoms with E-state index in [4.69, 9.17) is 5.73 Å². The molecule has 1 saturated heterocycles. The first-order valence-electron chi connectivity index (χ1n) is 7.44. The number of aromatic amines is 1. The van der Waals surface area contributed by atoms with E-state index in [1.54, 1.807) is 0 Å². The van der Waals surface area contributed by atoms with Gasteiger partial charge in [-0.15, -0.1) is 12.4 Å². The van der Waals surface area contributed by atoms with E-state index in [9.17, 15) is 4.79 Å². The largest absolute Gasteiger partial charge is 0.351 e. The van der Waals surface area contributed by atoms with Crippen molar-refractivity contribution in [3.63, 3.8) is 0 Å². The number of carbonyl (C=O) groups is 1. The number of hydrogen-bond donors (Lipinski definition) is 2. The first kappa shape index (κ1) is 16.6. The number of carbonyl (C=O) groups excluding carboxylic acids is 1. The minimum atomic E-state index is 0. The highest BCUT2D eigenvalue weighted by molar-refractivity contribution is 5.93. The van der Waals surface area contributed by atoms with Crippen molar-refractivity contribution in [1.29, 1.82) is 0 Å². The average molecular weight is 320 g/mol. The molecule has 4 nitrogen and oxygen atoms in total. The summed E-state index contributed by atoms with van der Waals surface area (Å²) in [6.07, 6.45) is 0.995. The van der Waals surface area contributed by atoms with Crippen molar-refractivity contribution in [2.75, 3.05) is 13.1 Å². The van der Waals surface area contributed by atoms with E-state index >= 15 is 0 Å². The molecule has 1 aliphatic heterocycles. The Bertz CT molecular complexity index is 626. The van der Waals surface area contributed by atoms with Gasteiger partial charge >= 0.3 is 0 Å². The van der Waals surface area contributed by atoms with E-state index in [1.165, 1.54) is 0 Å². The number of nitrogens with two attached hydrogens (primary N) is 1. The minimum Gasteiger partial charge on any atom is -0.351 e. The fraction of sp³-hybridized carbons (Fsp3) is 0.353. The van der Waals surface area contributed by atoms with E-state index in [0.717, 1.165) is 24.2 Å². The van der Waals surface area contributed by atoms with Crippen LogP contribution >= 0.6 is 12.4 Å². The highest BCUT2D eigenvalue weighted by atomic mass is 35.5. The average Bonchev–Trinajstić information content (AvgIpc) is 3.14. The van der Waals surface area contributed by atoms with Gasteiger partial charge in [0, 0.05) is 18.3 Å². The van der Waals surface area contributed by atoms with E-state index in [2.05, 4.69) is 11.9 Å². The molecule has 2 atom stereocenters. The first-order valence-corrected chi connectivity index (χ1v) is 7.44. The summed E-state index contributed by atoms with van der Waals surface area (Å²) < 4.78 is 0. The molecule has 0 aliphatic carbocycles.